The van der Waals surface area contributed by atoms with E-state index in [1.807, 2.05) is 12.1 Å². The second-order valence-electron chi connectivity index (χ2n) is 4.89. The fourth-order valence-electron chi connectivity index (χ4n) is 2.49. The molecular weight excluding hydrogens is 281 g/mol. The molecule has 0 amide bonds. The Hall–Kier alpha value is -0.410. The zero-order valence-electron chi connectivity index (χ0n) is 10.3. The molecule has 1 saturated heterocycles. The summed E-state index contributed by atoms with van der Waals surface area (Å²) in [5.74, 6) is -0.0942. The van der Waals surface area contributed by atoms with Crippen LogP contribution in [0.3, 0.4) is 0 Å². The van der Waals surface area contributed by atoms with Gasteiger partial charge in [0.2, 0.25) is 0 Å². The highest BCUT2D eigenvalue weighted by molar-refractivity contribution is 9.10. The SMILES string of the molecule is CC(Cc1ccc(Br)cc1F)N1CCCCC1. The van der Waals surface area contributed by atoms with E-state index in [0.29, 0.717) is 6.04 Å². The lowest BCUT2D eigenvalue weighted by atomic mass is 10.0. The van der Waals surface area contributed by atoms with E-state index in [1.165, 1.54) is 32.4 Å². The number of benzene rings is 1. The number of likely N-dealkylation sites (tertiary alicyclic amines) is 1. The summed E-state index contributed by atoms with van der Waals surface area (Å²) in [5, 5.41) is 0. The van der Waals surface area contributed by atoms with Gasteiger partial charge in [0.25, 0.3) is 0 Å². The van der Waals surface area contributed by atoms with Gasteiger partial charge in [-0.25, -0.2) is 4.39 Å². The molecule has 1 aromatic carbocycles. The quantitative estimate of drug-likeness (QED) is 0.815. The molecule has 0 N–H and O–H groups in total. The predicted molar refractivity (Wildman–Crippen MR) is 72.7 cm³/mol. The van der Waals surface area contributed by atoms with E-state index in [0.717, 1.165) is 16.5 Å². The standard InChI is InChI=1S/C14H19BrFN/c1-11(17-7-3-2-4-8-17)9-12-5-6-13(15)10-14(12)16/h5-6,10-11H,2-4,7-9H2,1H3. The highest BCUT2D eigenvalue weighted by Gasteiger charge is 2.18. The second-order valence-corrected chi connectivity index (χ2v) is 5.80. The lowest BCUT2D eigenvalue weighted by Crippen LogP contribution is -2.38. The molecule has 1 aromatic rings. The van der Waals surface area contributed by atoms with E-state index in [1.54, 1.807) is 6.07 Å². The molecule has 0 saturated carbocycles. The predicted octanol–water partition coefficient (Wildman–Crippen LogP) is 4.01. The maximum atomic E-state index is 13.7. The van der Waals surface area contributed by atoms with Crippen LogP contribution in [0.5, 0.6) is 0 Å². The first-order chi connectivity index (χ1) is 8.16. The topological polar surface area (TPSA) is 3.24 Å². The summed E-state index contributed by atoms with van der Waals surface area (Å²) in [4.78, 5) is 2.48. The maximum Gasteiger partial charge on any atom is 0.127 e. The number of hydrogen-bond acceptors (Lipinski definition) is 1. The molecule has 1 aliphatic rings. The van der Waals surface area contributed by atoms with Crippen LogP contribution in [-0.4, -0.2) is 24.0 Å². The minimum Gasteiger partial charge on any atom is -0.300 e. The van der Waals surface area contributed by atoms with E-state index < -0.39 is 0 Å². The summed E-state index contributed by atoms with van der Waals surface area (Å²) in [6.45, 7) is 4.53. The molecule has 1 fully saturated rings. The van der Waals surface area contributed by atoms with Crippen LogP contribution in [0.15, 0.2) is 22.7 Å². The van der Waals surface area contributed by atoms with Gasteiger partial charge in [0, 0.05) is 10.5 Å². The van der Waals surface area contributed by atoms with E-state index in [-0.39, 0.29) is 5.82 Å². The molecule has 1 atom stereocenters. The first-order valence-electron chi connectivity index (χ1n) is 6.35. The van der Waals surface area contributed by atoms with Crippen LogP contribution in [0.4, 0.5) is 4.39 Å². The number of halogens is 2. The molecule has 17 heavy (non-hydrogen) atoms. The fraction of sp³-hybridized carbons (Fsp3) is 0.571. The molecule has 94 valence electrons. The highest BCUT2D eigenvalue weighted by atomic mass is 79.9. The van der Waals surface area contributed by atoms with Gasteiger partial charge in [-0.2, -0.15) is 0 Å². The molecule has 0 spiro atoms. The van der Waals surface area contributed by atoms with Crippen molar-refractivity contribution < 1.29 is 4.39 Å². The largest absolute Gasteiger partial charge is 0.300 e. The minimum absolute atomic E-state index is 0.0942. The van der Waals surface area contributed by atoms with Crippen LogP contribution in [0.25, 0.3) is 0 Å². The summed E-state index contributed by atoms with van der Waals surface area (Å²) in [7, 11) is 0. The summed E-state index contributed by atoms with van der Waals surface area (Å²) < 4.78 is 14.5. The van der Waals surface area contributed by atoms with E-state index in [9.17, 15) is 4.39 Å². The third kappa shape index (κ3) is 3.52. The monoisotopic (exact) mass is 299 g/mol. The van der Waals surface area contributed by atoms with Crippen molar-refractivity contribution in [3.8, 4) is 0 Å². The van der Waals surface area contributed by atoms with Crippen molar-refractivity contribution >= 4 is 15.9 Å². The molecular formula is C14H19BrFN. The molecule has 1 nitrogen and oxygen atoms in total. The lowest BCUT2D eigenvalue weighted by molar-refractivity contribution is 0.172. The van der Waals surface area contributed by atoms with Crippen molar-refractivity contribution in [2.45, 2.75) is 38.6 Å². The Bertz CT molecular complexity index is 374. The maximum absolute atomic E-state index is 13.7. The number of piperidine rings is 1. The van der Waals surface area contributed by atoms with Crippen molar-refractivity contribution in [1.29, 1.82) is 0 Å². The first kappa shape index (κ1) is 13.0. The van der Waals surface area contributed by atoms with Gasteiger partial charge in [0.05, 0.1) is 0 Å². The van der Waals surface area contributed by atoms with Crippen molar-refractivity contribution in [3.05, 3.63) is 34.1 Å². The molecule has 1 heterocycles. The number of rotatable bonds is 3. The average Bonchev–Trinajstić information content (AvgIpc) is 2.34. The van der Waals surface area contributed by atoms with Crippen molar-refractivity contribution in [1.82, 2.24) is 4.90 Å². The van der Waals surface area contributed by atoms with Crippen molar-refractivity contribution in [3.63, 3.8) is 0 Å². The van der Waals surface area contributed by atoms with Gasteiger partial charge in [-0.05, 0) is 57.0 Å². The van der Waals surface area contributed by atoms with Crippen LogP contribution in [0.2, 0.25) is 0 Å². The van der Waals surface area contributed by atoms with Gasteiger partial charge in [0.1, 0.15) is 5.82 Å². The van der Waals surface area contributed by atoms with Crippen LogP contribution in [0.1, 0.15) is 31.7 Å². The smallest absolute Gasteiger partial charge is 0.127 e. The fourth-order valence-corrected chi connectivity index (χ4v) is 2.83. The Balaban J connectivity index is 1.99. The number of nitrogens with zero attached hydrogens (tertiary/aromatic N) is 1. The van der Waals surface area contributed by atoms with Crippen molar-refractivity contribution in [2.24, 2.45) is 0 Å². The summed E-state index contributed by atoms with van der Waals surface area (Å²) in [5.41, 5.74) is 0.825. The Labute approximate surface area is 111 Å². The summed E-state index contributed by atoms with van der Waals surface area (Å²) in [6, 6.07) is 5.80. The Morgan fingerprint density at radius 3 is 2.65 bits per heavy atom. The van der Waals surface area contributed by atoms with E-state index >= 15 is 0 Å². The van der Waals surface area contributed by atoms with E-state index in [2.05, 4.69) is 27.8 Å². The summed E-state index contributed by atoms with van der Waals surface area (Å²) >= 11 is 3.29. The van der Waals surface area contributed by atoms with Crippen LogP contribution in [-0.2, 0) is 6.42 Å². The van der Waals surface area contributed by atoms with Gasteiger partial charge in [0.15, 0.2) is 0 Å². The minimum atomic E-state index is -0.0942. The third-order valence-corrected chi connectivity index (χ3v) is 4.04. The Morgan fingerprint density at radius 1 is 1.29 bits per heavy atom. The van der Waals surface area contributed by atoms with Crippen LogP contribution >= 0.6 is 15.9 Å². The Morgan fingerprint density at radius 2 is 2.00 bits per heavy atom. The Kier molecular flexibility index (Phi) is 4.57. The molecule has 1 aliphatic heterocycles. The molecule has 0 radical (unpaired) electrons. The van der Waals surface area contributed by atoms with Crippen LogP contribution in [0, 0.1) is 5.82 Å². The lowest BCUT2D eigenvalue weighted by Gasteiger charge is -2.32. The molecule has 1 unspecified atom stereocenters. The van der Waals surface area contributed by atoms with Gasteiger partial charge in [-0.15, -0.1) is 0 Å². The van der Waals surface area contributed by atoms with Crippen molar-refractivity contribution in [2.75, 3.05) is 13.1 Å². The molecule has 0 aromatic heterocycles. The highest BCUT2D eigenvalue weighted by Crippen LogP contribution is 2.19. The molecule has 0 aliphatic carbocycles. The molecule has 2 rings (SSSR count). The van der Waals surface area contributed by atoms with Gasteiger partial charge < -0.3 is 4.90 Å². The average molecular weight is 300 g/mol. The third-order valence-electron chi connectivity index (χ3n) is 3.54. The number of hydrogen-bond donors (Lipinski definition) is 0. The normalized spacial score (nSPS) is 19.2. The van der Waals surface area contributed by atoms with Crippen LogP contribution < -0.4 is 0 Å². The van der Waals surface area contributed by atoms with Gasteiger partial charge >= 0.3 is 0 Å². The molecule has 3 heteroatoms. The second kappa shape index (κ2) is 5.96. The first-order valence-corrected chi connectivity index (χ1v) is 7.14. The van der Waals surface area contributed by atoms with Gasteiger partial charge in [-0.1, -0.05) is 28.4 Å². The van der Waals surface area contributed by atoms with Gasteiger partial charge in [-0.3, -0.25) is 0 Å². The van der Waals surface area contributed by atoms with E-state index in [4.69, 9.17) is 0 Å². The summed E-state index contributed by atoms with van der Waals surface area (Å²) in [6.07, 6.45) is 4.72. The molecule has 0 bridgehead atoms. The zero-order chi connectivity index (χ0) is 12.3. The zero-order valence-corrected chi connectivity index (χ0v) is 11.8.